The molecule has 1 aromatic carbocycles. The van der Waals surface area contributed by atoms with Crippen molar-refractivity contribution in [3.8, 4) is 11.5 Å². The lowest BCUT2D eigenvalue weighted by molar-refractivity contribution is -0.274. The van der Waals surface area contributed by atoms with Gasteiger partial charge in [0, 0.05) is 6.07 Å². The Bertz CT molecular complexity index is 442. The number of Topliss-reactive ketones (excluding diaryl/α,β-unsaturated/α-hetero) is 1. The molecule has 0 aliphatic heterocycles. The van der Waals surface area contributed by atoms with Gasteiger partial charge in [-0.2, -0.15) is 8.78 Å². The third-order valence-electron chi connectivity index (χ3n) is 1.78. The molecule has 0 atom stereocenters. The summed E-state index contributed by atoms with van der Waals surface area (Å²) in [6.45, 7) is -2.19. The molecule has 0 N–H and O–H groups in total. The summed E-state index contributed by atoms with van der Waals surface area (Å²) in [5.74, 6) is -2.04. The SMILES string of the molecule is CC(=O)c1ccc(OC(F)(F)F)cc1OC(F)F. The molecular weight excluding hydrogens is 263 g/mol. The quantitative estimate of drug-likeness (QED) is 0.621. The van der Waals surface area contributed by atoms with Gasteiger partial charge in [0.15, 0.2) is 5.78 Å². The number of carbonyl (C=O) groups is 1. The fourth-order valence-corrected chi connectivity index (χ4v) is 1.18. The summed E-state index contributed by atoms with van der Waals surface area (Å²) in [6, 6.07) is 2.33. The van der Waals surface area contributed by atoms with Gasteiger partial charge in [0.1, 0.15) is 11.5 Å². The number of benzene rings is 1. The van der Waals surface area contributed by atoms with Crippen molar-refractivity contribution in [2.75, 3.05) is 0 Å². The van der Waals surface area contributed by atoms with Crippen molar-refractivity contribution in [1.82, 2.24) is 0 Å². The molecule has 3 nitrogen and oxygen atoms in total. The maximum absolute atomic E-state index is 12.0. The summed E-state index contributed by atoms with van der Waals surface area (Å²) < 4.78 is 67.3. The molecule has 18 heavy (non-hydrogen) atoms. The van der Waals surface area contributed by atoms with E-state index in [4.69, 9.17) is 0 Å². The molecule has 0 saturated heterocycles. The normalized spacial score (nSPS) is 11.5. The molecule has 1 aromatic rings. The van der Waals surface area contributed by atoms with Crippen molar-refractivity contribution in [2.24, 2.45) is 0 Å². The van der Waals surface area contributed by atoms with Gasteiger partial charge in [0.2, 0.25) is 0 Å². The zero-order valence-corrected chi connectivity index (χ0v) is 8.92. The average Bonchev–Trinajstić information content (AvgIpc) is 2.13. The number of hydrogen-bond donors (Lipinski definition) is 0. The number of hydrogen-bond acceptors (Lipinski definition) is 3. The highest BCUT2D eigenvalue weighted by molar-refractivity contribution is 5.97. The van der Waals surface area contributed by atoms with E-state index >= 15 is 0 Å². The minimum Gasteiger partial charge on any atom is -0.434 e. The van der Waals surface area contributed by atoms with Crippen LogP contribution in [-0.4, -0.2) is 18.8 Å². The molecule has 0 spiro atoms. The zero-order valence-electron chi connectivity index (χ0n) is 8.92. The smallest absolute Gasteiger partial charge is 0.434 e. The van der Waals surface area contributed by atoms with Crippen LogP contribution in [0.25, 0.3) is 0 Å². The lowest BCUT2D eigenvalue weighted by Crippen LogP contribution is -2.17. The van der Waals surface area contributed by atoms with E-state index < -0.39 is 30.3 Å². The van der Waals surface area contributed by atoms with Crippen LogP contribution in [0.3, 0.4) is 0 Å². The van der Waals surface area contributed by atoms with E-state index in [0.29, 0.717) is 6.07 Å². The van der Waals surface area contributed by atoms with Gasteiger partial charge in [-0.15, -0.1) is 13.2 Å². The van der Waals surface area contributed by atoms with Crippen LogP contribution in [0.4, 0.5) is 22.0 Å². The van der Waals surface area contributed by atoms with Crippen molar-refractivity contribution in [3.05, 3.63) is 23.8 Å². The van der Waals surface area contributed by atoms with Crippen molar-refractivity contribution in [2.45, 2.75) is 19.9 Å². The Morgan fingerprint density at radius 1 is 1.28 bits per heavy atom. The van der Waals surface area contributed by atoms with Gasteiger partial charge >= 0.3 is 13.0 Å². The Kier molecular flexibility index (Phi) is 4.10. The highest BCUT2D eigenvalue weighted by Crippen LogP contribution is 2.30. The van der Waals surface area contributed by atoms with Crippen LogP contribution < -0.4 is 9.47 Å². The Morgan fingerprint density at radius 3 is 2.33 bits per heavy atom. The number of ketones is 1. The minimum atomic E-state index is -4.96. The first kappa shape index (κ1) is 14.2. The Balaban J connectivity index is 3.09. The monoisotopic (exact) mass is 270 g/mol. The van der Waals surface area contributed by atoms with Crippen molar-refractivity contribution >= 4 is 5.78 Å². The van der Waals surface area contributed by atoms with Crippen LogP contribution in [0, 0.1) is 0 Å². The second kappa shape index (κ2) is 5.19. The lowest BCUT2D eigenvalue weighted by atomic mass is 10.1. The lowest BCUT2D eigenvalue weighted by Gasteiger charge is -2.12. The summed E-state index contributed by atoms with van der Waals surface area (Å²) >= 11 is 0. The summed E-state index contributed by atoms with van der Waals surface area (Å²) in [7, 11) is 0. The second-order valence-corrected chi connectivity index (χ2v) is 3.14. The summed E-state index contributed by atoms with van der Waals surface area (Å²) in [5, 5.41) is 0. The molecule has 0 amide bonds. The van der Waals surface area contributed by atoms with E-state index in [2.05, 4.69) is 9.47 Å². The van der Waals surface area contributed by atoms with Crippen LogP contribution in [0.5, 0.6) is 11.5 Å². The van der Waals surface area contributed by atoms with Gasteiger partial charge in [-0.05, 0) is 19.1 Å². The van der Waals surface area contributed by atoms with Crippen molar-refractivity contribution in [3.63, 3.8) is 0 Å². The molecule has 8 heteroatoms. The average molecular weight is 270 g/mol. The standard InChI is InChI=1S/C10H7F5O3/c1-5(16)7-3-2-6(18-10(13,14)15)4-8(7)17-9(11)12/h2-4,9H,1H3. The third kappa shape index (κ3) is 4.19. The number of ether oxygens (including phenoxy) is 2. The molecular formula is C10H7F5O3. The number of carbonyl (C=O) groups excluding carboxylic acids is 1. The predicted molar refractivity (Wildman–Crippen MR) is 49.8 cm³/mol. The van der Waals surface area contributed by atoms with Crippen LogP contribution in [0.1, 0.15) is 17.3 Å². The van der Waals surface area contributed by atoms with Crippen LogP contribution in [0.15, 0.2) is 18.2 Å². The Labute approximate surface area is 98.1 Å². The van der Waals surface area contributed by atoms with E-state index in [1.54, 1.807) is 0 Å². The molecule has 100 valence electrons. The maximum atomic E-state index is 12.0. The van der Waals surface area contributed by atoms with Crippen LogP contribution in [-0.2, 0) is 0 Å². The van der Waals surface area contributed by atoms with Crippen molar-refractivity contribution in [1.29, 1.82) is 0 Å². The number of alkyl halides is 5. The fourth-order valence-electron chi connectivity index (χ4n) is 1.18. The van der Waals surface area contributed by atoms with E-state index in [0.717, 1.165) is 19.1 Å². The third-order valence-corrected chi connectivity index (χ3v) is 1.78. The van der Waals surface area contributed by atoms with E-state index in [-0.39, 0.29) is 5.56 Å². The largest absolute Gasteiger partial charge is 0.573 e. The molecule has 0 fully saturated rings. The molecule has 1 rings (SSSR count). The molecule has 0 aliphatic carbocycles. The Morgan fingerprint density at radius 2 is 1.89 bits per heavy atom. The Hall–Kier alpha value is -1.86. The maximum Gasteiger partial charge on any atom is 0.573 e. The van der Waals surface area contributed by atoms with Gasteiger partial charge in [-0.3, -0.25) is 4.79 Å². The van der Waals surface area contributed by atoms with Crippen molar-refractivity contribution < 1.29 is 36.2 Å². The van der Waals surface area contributed by atoms with E-state index in [9.17, 15) is 26.7 Å². The van der Waals surface area contributed by atoms with Crippen LogP contribution >= 0.6 is 0 Å². The zero-order chi connectivity index (χ0) is 13.9. The molecule has 0 unspecified atom stereocenters. The molecule has 0 radical (unpaired) electrons. The number of rotatable bonds is 4. The summed E-state index contributed by atoms with van der Waals surface area (Å²) in [4.78, 5) is 11.1. The molecule has 0 saturated carbocycles. The minimum absolute atomic E-state index is 0.259. The van der Waals surface area contributed by atoms with Gasteiger partial charge in [0.05, 0.1) is 5.56 Å². The summed E-state index contributed by atoms with van der Waals surface area (Å²) in [6.07, 6.45) is -4.96. The van der Waals surface area contributed by atoms with Gasteiger partial charge in [-0.1, -0.05) is 0 Å². The molecule has 0 aromatic heterocycles. The predicted octanol–water partition coefficient (Wildman–Crippen LogP) is 3.39. The topological polar surface area (TPSA) is 35.5 Å². The first-order chi connectivity index (χ1) is 8.19. The second-order valence-electron chi connectivity index (χ2n) is 3.14. The summed E-state index contributed by atoms with van der Waals surface area (Å²) in [5.41, 5.74) is -0.259. The van der Waals surface area contributed by atoms with Gasteiger partial charge < -0.3 is 9.47 Å². The first-order valence-corrected chi connectivity index (χ1v) is 4.54. The molecule has 0 heterocycles. The van der Waals surface area contributed by atoms with Crippen LogP contribution in [0.2, 0.25) is 0 Å². The first-order valence-electron chi connectivity index (χ1n) is 4.54. The van der Waals surface area contributed by atoms with Gasteiger partial charge in [0.25, 0.3) is 0 Å². The fraction of sp³-hybridized carbons (Fsp3) is 0.300. The highest BCUT2D eigenvalue weighted by atomic mass is 19.4. The molecule has 0 bridgehead atoms. The van der Waals surface area contributed by atoms with E-state index in [1.165, 1.54) is 0 Å². The highest BCUT2D eigenvalue weighted by Gasteiger charge is 2.31. The number of halogens is 5. The van der Waals surface area contributed by atoms with E-state index in [1.807, 2.05) is 0 Å². The van der Waals surface area contributed by atoms with Gasteiger partial charge in [-0.25, -0.2) is 0 Å². The molecule has 0 aliphatic rings.